The average molecular weight is 240 g/mol. The van der Waals surface area contributed by atoms with E-state index < -0.39 is 5.97 Å². The molecule has 0 aromatic rings. The first-order valence-electron chi connectivity index (χ1n) is 4.79. The first kappa shape index (κ1) is 14.1. The lowest BCUT2D eigenvalue weighted by Crippen LogP contribution is -2.35. The Bertz CT molecular complexity index is 180. The Balaban J connectivity index is 0.00000169. The summed E-state index contributed by atoms with van der Waals surface area (Å²) in [5, 5.41) is 8.96. The SMILES string of the molecule is Cl.NC1CCCCC1SCCC(=O)O. The zero-order chi connectivity index (χ0) is 9.68. The fraction of sp³-hybridized carbons (Fsp3) is 0.889. The number of nitrogens with two attached hydrogens (primary N) is 1. The molecule has 3 nitrogen and oxygen atoms in total. The third-order valence-corrected chi connectivity index (χ3v) is 3.85. The molecule has 84 valence electrons. The van der Waals surface area contributed by atoms with Crippen LogP contribution < -0.4 is 5.73 Å². The number of rotatable bonds is 4. The Labute approximate surface area is 95.2 Å². The predicted molar refractivity (Wildman–Crippen MR) is 62.2 cm³/mol. The summed E-state index contributed by atoms with van der Waals surface area (Å²) in [6.07, 6.45) is 5.00. The minimum absolute atomic E-state index is 0. The van der Waals surface area contributed by atoms with E-state index in [1.54, 1.807) is 11.8 Å². The van der Waals surface area contributed by atoms with Gasteiger partial charge in [0.25, 0.3) is 0 Å². The molecule has 0 aliphatic heterocycles. The van der Waals surface area contributed by atoms with Crippen LogP contribution in [0.2, 0.25) is 0 Å². The molecule has 1 saturated carbocycles. The Morgan fingerprint density at radius 2 is 2.07 bits per heavy atom. The highest BCUT2D eigenvalue weighted by Crippen LogP contribution is 2.27. The summed E-state index contributed by atoms with van der Waals surface area (Å²) in [5.74, 6) is -0.00914. The summed E-state index contributed by atoms with van der Waals surface area (Å²) in [5.41, 5.74) is 5.93. The second-order valence-electron chi connectivity index (χ2n) is 3.50. The number of halogens is 1. The van der Waals surface area contributed by atoms with Gasteiger partial charge in [-0.05, 0) is 12.8 Å². The molecule has 1 aliphatic rings. The number of carboxylic acid groups (broad SMARTS) is 1. The lowest BCUT2D eigenvalue weighted by Gasteiger charge is -2.27. The smallest absolute Gasteiger partial charge is 0.304 e. The Kier molecular flexibility index (Phi) is 7.41. The van der Waals surface area contributed by atoms with E-state index in [-0.39, 0.29) is 24.9 Å². The minimum Gasteiger partial charge on any atom is -0.481 e. The molecule has 2 unspecified atom stereocenters. The van der Waals surface area contributed by atoms with Gasteiger partial charge in [0.15, 0.2) is 0 Å². The second-order valence-corrected chi connectivity index (χ2v) is 4.85. The van der Waals surface area contributed by atoms with Crippen molar-refractivity contribution in [2.24, 2.45) is 5.73 Å². The Morgan fingerprint density at radius 3 is 2.64 bits per heavy atom. The van der Waals surface area contributed by atoms with Gasteiger partial charge in [-0.15, -0.1) is 12.4 Å². The summed E-state index contributed by atoms with van der Waals surface area (Å²) in [6.45, 7) is 0. The molecule has 0 aromatic carbocycles. The molecule has 1 rings (SSSR count). The molecule has 0 amide bonds. The zero-order valence-corrected chi connectivity index (χ0v) is 9.78. The third kappa shape index (κ3) is 5.08. The van der Waals surface area contributed by atoms with Gasteiger partial charge in [-0.2, -0.15) is 11.8 Å². The van der Waals surface area contributed by atoms with Crippen LogP contribution in [0.3, 0.4) is 0 Å². The zero-order valence-electron chi connectivity index (χ0n) is 8.15. The number of hydrogen-bond donors (Lipinski definition) is 2. The number of carboxylic acids is 1. The summed E-state index contributed by atoms with van der Waals surface area (Å²) in [4.78, 5) is 10.3. The summed E-state index contributed by atoms with van der Waals surface area (Å²) >= 11 is 1.73. The normalized spacial score (nSPS) is 26.6. The molecule has 3 N–H and O–H groups in total. The van der Waals surface area contributed by atoms with Crippen molar-refractivity contribution in [2.45, 2.75) is 43.4 Å². The van der Waals surface area contributed by atoms with Crippen molar-refractivity contribution in [3.05, 3.63) is 0 Å². The summed E-state index contributed by atoms with van der Waals surface area (Å²) in [6, 6.07) is 0.285. The predicted octanol–water partition coefficient (Wildman–Crippen LogP) is 1.89. The van der Waals surface area contributed by atoms with E-state index >= 15 is 0 Å². The minimum atomic E-state index is -0.711. The van der Waals surface area contributed by atoms with Crippen molar-refractivity contribution in [3.63, 3.8) is 0 Å². The highest BCUT2D eigenvalue weighted by molar-refractivity contribution is 7.99. The van der Waals surface area contributed by atoms with E-state index in [1.165, 1.54) is 12.8 Å². The van der Waals surface area contributed by atoms with E-state index in [9.17, 15) is 4.79 Å². The summed E-state index contributed by atoms with van der Waals surface area (Å²) < 4.78 is 0. The quantitative estimate of drug-likeness (QED) is 0.787. The van der Waals surface area contributed by atoms with Gasteiger partial charge >= 0.3 is 5.97 Å². The van der Waals surface area contributed by atoms with Gasteiger partial charge in [-0.3, -0.25) is 4.79 Å². The van der Waals surface area contributed by atoms with E-state index in [1.807, 2.05) is 0 Å². The van der Waals surface area contributed by atoms with E-state index in [0.29, 0.717) is 11.0 Å². The van der Waals surface area contributed by atoms with Crippen LogP contribution in [0, 0.1) is 0 Å². The maximum atomic E-state index is 10.3. The van der Waals surface area contributed by atoms with Gasteiger partial charge in [-0.1, -0.05) is 12.8 Å². The molecule has 0 bridgehead atoms. The third-order valence-electron chi connectivity index (χ3n) is 2.40. The first-order valence-corrected chi connectivity index (χ1v) is 5.84. The lowest BCUT2D eigenvalue weighted by molar-refractivity contribution is -0.136. The topological polar surface area (TPSA) is 63.3 Å². The van der Waals surface area contributed by atoms with Crippen molar-refractivity contribution in [3.8, 4) is 0 Å². The van der Waals surface area contributed by atoms with Crippen LogP contribution in [-0.2, 0) is 4.79 Å². The fourth-order valence-corrected chi connectivity index (χ4v) is 2.94. The van der Waals surface area contributed by atoms with E-state index in [0.717, 1.165) is 12.8 Å². The van der Waals surface area contributed by atoms with Crippen LogP contribution in [0.25, 0.3) is 0 Å². The van der Waals surface area contributed by atoms with Crippen molar-refractivity contribution in [1.82, 2.24) is 0 Å². The van der Waals surface area contributed by atoms with Crippen LogP contribution >= 0.6 is 24.2 Å². The van der Waals surface area contributed by atoms with Gasteiger partial charge in [-0.25, -0.2) is 0 Å². The molecule has 14 heavy (non-hydrogen) atoms. The van der Waals surface area contributed by atoms with Crippen LogP contribution in [0.4, 0.5) is 0 Å². The molecule has 0 radical (unpaired) electrons. The monoisotopic (exact) mass is 239 g/mol. The molecule has 0 saturated heterocycles. The largest absolute Gasteiger partial charge is 0.481 e. The van der Waals surface area contributed by atoms with Crippen LogP contribution in [0.5, 0.6) is 0 Å². The maximum absolute atomic E-state index is 10.3. The number of carbonyl (C=O) groups is 1. The highest BCUT2D eigenvalue weighted by Gasteiger charge is 2.21. The Morgan fingerprint density at radius 1 is 1.43 bits per heavy atom. The molecule has 0 aromatic heterocycles. The molecule has 0 heterocycles. The first-order chi connectivity index (χ1) is 6.20. The molecule has 1 aliphatic carbocycles. The van der Waals surface area contributed by atoms with Gasteiger partial charge in [0.05, 0.1) is 6.42 Å². The molecule has 5 heteroatoms. The lowest BCUT2D eigenvalue weighted by atomic mass is 9.96. The average Bonchev–Trinajstić information content (AvgIpc) is 2.08. The number of thioether (sulfide) groups is 1. The fourth-order valence-electron chi connectivity index (χ4n) is 1.63. The molecular formula is C9H18ClNO2S. The van der Waals surface area contributed by atoms with E-state index in [4.69, 9.17) is 10.8 Å². The number of hydrogen-bond acceptors (Lipinski definition) is 3. The summed E-state index contributed by atoms with van der Waals surface area (Å²) in [7, 11) is 0. The van der Waals surface area contributed by atoms with Crippen LogP contribution in [0.15, 0.2) is 0 Å². The van der Waals surface area contributed by atoms with Gasteiger partial charge in [0.1, 0.15) is 0 Å². The highest BCUT2D eigenvalue weighted by atomic mass is 35.5. The van der Waals surface area contributed by atoms with Crippen molar-refractivity contribution < 1.29 is 9.90 Å². The number of aliphatic carboxylic acids is 1. The molecule has 1 fully saturated rings. The second kappa shape index (κ2) is 7.37. The molecule has 2 atom stereocenters. The van der Waals surface area contributed by atoms with Crippen molar-refractivity contribution >= 4 is 30.1 Å². The Hall–Kier alpha value is 0.0700. The van der Waals surface area contributed by atoms with Crippen molar-refractivity contribution in [1.29, 1.82) is 0 Å². The van der Waals surface area contributed by atoms with Crippen molar-refractivity contribution in [2.75, 3.05) is 5.75 Å². The van der Waals surface area contributed by atoms with Gasteiger partial charge in [0.2, 0.25) is 0 Å². The van der Waals surface area contributed by atoms with Crippen LogP contribution in [0.1, 0.15) is 32.1 Å². The van der Waals surface area contributed by atoms with Gasteiger partial charge in [0, 0.05) is 17.0 Å². The maximum Gasteiger partial charge on any atom is 0.304 e. The van der Waals surface area contributed by atoms with Crippen LogP contribution in [-0.4, -0.2) is 28.1 Å². The van der Waals surface area contributed by atoms with E-state index in [2.05, 4.69) is 0 Å². The molecule has 0 spiro atoms. The van der Waals surface area contributed by atoms with Gasteiger partial charge < -0.3 is 10.8 Å². The standard InChI is InChI=1S/C9H17NO2S.ClH/c10-7-3-1-2-4-8(7)13-6-5-9(11)12;/h7-8H,1-6,10H2,(H,11,12);1H. The molecular weight excluding hydrogens is 222 g/mol.